The van der Waals surface area contributed by atoms with Crippen LogP contribution in [0.5, 0.6) is 0 Å². The topological polar surface area (TPSA) is 109 Å². The first-order valence-corrected chi connectivity index (χ1v) is 11.1. The molecule has 2 N–H and O–H groups in total. The highest BCUT2D eigenvalue weighted by molar-refractivity contribution is 5.88. The van der Waals surface area contributed by atoms with Crippen molar-refractivity contribution in [2.24, 2.45) is 0 Å². The number of nitrogens with zero attached hydrogens (tertiary/aromatic N) is 8. The minimum Gasteiger partial charge on any atom is -0.378 e. The van der Waals surface area contributed by atoms with Crippen LogP contribution in [0.2, 0.25) is 0 Å². The van der Waals surface area contributed by atoms with Gasteiger partial charge in [0, 0.05) is 58.7 Å². The number of imidazole rings is 1. The molecule has 2 aliphatic heterocycles. The van der Waals surface area contributed by atoms with Crippen molar-refractivity contribution in [2.45, 2.75) is 12.7 Å². The molecule has 0 unspecified atom stereocenters. The van der Waals surface area contributed by atoms with E-state index in [1.165, 1.54) is 0 Å². The summed E-state index contributed by atoms with van der Waals surface area (Å²) >= 11 is 0. The van der Waals surface area contributed by atoms with E-state index in [0.717, 1.165) is 4.57 Å². The predicted molar refractivity (Wildman–Crippen MR) is 120 cm³/mol. The Bertz CT molecular complexity index is 1140. The largest absolute Gasteiger partial charge is 0.406 e. The zero-order chi connectivity index (χ0) is 23.7. The van der Waals surface area contributed by atoms with Crippen LogP contribution in [0, 0.1) is 0 Å². The average Bonchev–Trinajstić information content (AvgIpc) is 3.21. The summed E-state index contributed by atoms with van der Waals surface area (Å²) in [5.74, 6) is 1.39. The van der Waals surface area contributed by atoms with Crippen molar-refractivity contribution >= 4 is 28.9 Å². The maximum absolute atomic E-state index is 13.7. The third-order valence-electron chi connectivity index (χ3n) is 5.74. The van der Waals surface area contributed by atoms with Crippen LogP contribution < -0.4 is 20.4 Å². The molecule has 0 bridgehead atoms. The van der Waals surface area contributed by atoms with E-state index in [0.29, 0.717) is 75.3 Å². The molecule has 0 aromatic carbocycles. The molecule has 2 saturated heterocycles. The first-order valence-electron chi connectivity index (χ1n) is 11.1. The summed E-state index contributed by atoms with van der Waals surface area (Å²) in [4.78, 5) is 26.2. The summed E-state index contributed by atoms with van der Waals surface area (Å²) in [6, 6.07) is 0. The number of halogens is 3. The SMILES string of the molecule is CNc1ncc(-c2nc(N3CCOCC3)c3nc(N4CCNCC4)n(CC(F)(F)F)c3n2)cn1. The number of alkyl halides is 3. The Morgan fingerprint density at radius 2 is 1.71 bits per heavy atom. The molecule has 0 saturated carbocycles. The normalized spacial score (nSPS) is 17.4. The van der Waals surface area contributed by atoms with E-state index < -0.39 is 12.7 Å². The number of morpholine rings is 1. The molecule has 11 nitrogen and oxygen atoms in total. The second kappa shape index (κ2) is 9.18. The Kier molecular flexibility index (Phi) is 6.08. The highest BCUT2D eigenvalue weighted by Crippen LogP contribution is 2.33. The maximum atomic E-state index is 13.7. The lowest BCUT2D eigenvalue weighted by molar-refractivity contribution is -0.139. The number of rotatable bonds is 5. The van der Waals surface area contributed by atoms with Crippen LogP contribution in [0.1, 0.15) is 0 Å². The molecular weight excluding hydrogens is 453 g/mol. The van der Waals surface area contributed by atoms with Gasteiger partial charge in [-0.1, -0.05) is 0 Å². The van der Waals surface area contributed by atoms with Gasteiger partial charge in [-0.15, -0.1) is 0 Å². The molecule has 0 amide bonds. The van der Waals surface area contributed by atoms with Gasteiger partial charge in [-0.2, -0.15) is 13.2 Å². The van der Waals surface area contributed by atoms with Crippen LogP contribution in [0.15, 0.2) is 12.4 Å². The summed E-state index contributed by atoms with van der Waals surface area (Å²) in [5.41, 5.74) is 0.977. The summed E-state index contributed by atoms with van der Waals surface area (Å²) < 4.78 is 47.7. The van der Waals surface area contributed by atoms with Gasteiger partial charge in [0.25, 0.3) is 0 Å². The lowest BCUT2D eigenvalue weighted by Gasteiger charge is -2.28. The van der Waals surface area contributed by atoms with Gasteiger partial charge in [-0.05, 0) is 0 Å². The molecular formula is C20H25F3N10O. The highest BCUT2D eigenvalue weighted by atomic mass is 19.4. The van der Waals surface area contributed by atoms with Gasteiger partial charge in [0.05, 0.1) is 18.8 Å². The molecule has 5 rings (SSSR count). The van der Waals surface area contributed by atoms with Crippen molar-refractivity contribution in [3.63, 3.8) is 0 Å². The molecule has 3 aromatic heterocycles. The van der Waals surface area contributed by atoms with Crippen LogP contribution in [0.3, 0.4) is 0 Å². The van der Waals surface area contributed by atoms with E-state index >= 15 is 0 Å². The Morgan fingerprint density at radius 3 is 2.35 bits per heavy atom. The number of fused-ring (bicyclic) bond motifs is 1. The van der Waals surface area contributed by atoms with Crippen molar-refractivity contribution < 1.29 is 17.9 Å². The van der Waals surface area contributed by atoms with E-state index in [1.807, 2.05) is 9.80 Å². The van der Waals surface area contributed by atoms with Crippen molar-refractivity contribution in [1.82, 2.24) is 34.8 Å². The maximum Gasteiger partial charge on any atom is 0.406 e. The Morgan fingerprint density at radius 1 is 1.00 bits per heavy atom. The molecule has 0 aliphatic carbocycles. The summed E-state index contributed by atoms with van der Waals surface area (Å²) in [6.45, 7) is 3.32. The first-order chi connectivity index (χ1) is 16.4. The van der Waals surface area contributed by atoms with Crippen molar-refractivity contribution in [3.8, 4) is 11.4 Å². The molecule has 5 heterocycles. The average molecular weight is 478 g/mol. The summed E-state index contributed by atoms with van der Waals surface area (Å²) in [6.07, 6.45) is -1.35. The fraction of sp³-hybridized carbons (Fsp3) is 0.550. The van der Waals surface area contributed by atoms with E-state index in [1.54, 1.807) is 19.4 Å². The van der Waals surface area contributed by atoms with Gasteiger partial charge in [-0.25, -0.2) is 24.9 Å². The minimum absolute atomic E-state index is 0.134. The monoisotopic (exact) mass is 478 g/mol. The fourth-order valence-electron chi connectivity index (χ4n) is 4.10. The number of hydrogen-bond donors (Lipinski definition) is 2. The Balaban J connectivity index is 1.71. The van der Waals surface area contributed by atoms with Crippen LogP contribution in [0.4, 0.5) is 30.9 Å². The highest BCUT2D eigenvalue weighted by Gasteiger charge is 2.34. The molecule has 182 valence electrons. The zero-order valence-electron chi connectivity index (χ0n) is 18.6. The molecule has 3 aromatic rings. The van der Waals surface area contributed by atoms with Crippen LogP contribution >= 0.6 is 0 Å². The van der Waals surface area contributed by atoms with E-state index in [4.69, 9.17) is 9.72 Å². The third kappa shape index (κ3) is 4.55. The third-order valence-corrected chi connectivity index (χ3v) is 5.74. The van der Waals surface area contributed by atoms with Crippen LogP contribution in [0.25, 0.3) is 22.6 Å². The van der Waals surface area contributed by atoms with Crippen molar-refractivity contribution in [2.75, 3.05) is 74.6 Å². The molecule has 14 heteroatoms. The predicted octanol–water partition coefficient (Wildman–Crippen LogP) is 1.13. The van der Waals surface area contributed by atoms with Crippen molar-refractivity contribution in [3.05, 3.63) is 12.4 Å². The number of aromatic nitrogens is 6. The van der Waals surface area contributed by atoms with Gasteiger partial charge in [-0.3, -0.25) is 4.57 Å². The second-order valence-corrected chi connectivity index (χ2v) is 8.04. The van der Waals surface area contributed by atoms with Crippen LogP contribution in [-0.2, 0) is 11.3 Å². The van der Waals surface area contributed by atoms with Gasteiger partial charge in [0.1, 0.15) is 6.54 Å². The van der Waals surface area contributed by atoms with E-state index in [2.05, 4.69) is 30.6 Å². The number of ether oxygens (including phenoxy) is 1. The summed E-state index contributed by atoms with van der Waals surface area (Å²) in [7, 11) is 1.70. The van der Waals surface area contributed by atoms with Crippen molar-refractivity contribution in [1.29, 1.82) is 0 Å². The lowest BCUT2D eigenvalue weighted by Crippen LogP contribution is -2.45. The first kappa shape index (κ1) is 22.5. The molecule has 0 spiro atoms. The van der Waals surface area contributed by atoms with Gasteiger partial charge < -0.3 is 25.2 Å². The second-order valence-electron chi connectivity index (χ2n) is 8.04. The van der Waals surface area contributed by atoms with Gasteiger partial charge in [0.15, 0.2) is 22.8 Å². The van der Waals surface area contributed by atoms with Gasteiger partial charge in [0.2, 0.25) is 11.9 Å². The number of piperazine rings is 1. The number of hydrogen-bond acceptors (Lipinski definition) is 10. The minimum atomic E-state index is -4.45. The lowest BCUT2D eigenvalue weighted by atomic mass is 10.3. The fourth-order valence-corrected chi connectivity index (χ4v) is 4.10. The van der Waals surface area contributed by atoms with Crippen LogP contribution in [-0.4, -0.2) is 95.2 Å². The summed E-state index contributed by atoms with van der Waals surface area (Å²) in [5, 5.41) is 6.06. The molecule has 2 fully saturated rings. The van der Waals surface area contributed by atoms with E-state index in [9.17, 15) is 13.2 Å². The molecule has 2 aliphatic rings. The number of anilines is 3. The zero-order valence-corrected chi connectivity index (χ0v) is 18.6. The quantitative estimate of drug-likeness (QED) is 0.554. The number of nitrogens with one attached hydrogen (secondary N) is 2. The Labute approximate surface area is 193 Å². The Hall–Kier alpha value is -3.26. The molecule has 0 atom stereocenters. The smallest absolute Gasteiger partial charge is 0.378 e. The standard InChI is InChI=1S/C20H25F3N10O/c1-24-18-26-10-13(11-27-18)15-29-16(31-6-8-34-9-7-31)14-17(30-15)33(12-20(21,22)23)19(28-14)32-4-2-25-3-5-32/h10-11,25H,2-9,12H2,1H3,(H,24,26,27). The molecule has 0 radical (unpaired) electrons. The van der Waals surface area contributed by atoms with E-state index in [-0.39, 0.29) is 17.4 Å². The van der Waals surface area contributed by atoms with Gasteiger partial charge >= 0.3 is 6.18 Å². The molecule has 34 heavy (non-hydrogen) atoms.